The molecular weight excluding hydrogens is 229 g/mol. The number of carboxylic acid groups (broad SMARTS) is 1. The maximum absolute atomic E-state index is 11.7. The molecule has 0 rings (SSSR count). The largest absolute Gasteiger partial charge is 0.478 e. The molecule has 0 bridgehead atoms. The van der Waals surface area contributed by atoms with Crippen LogP contribution in [-0.2, 0) is 9.74 Å². The zero-order chi connectivity index (χ0) is 11.8. The highest BCUT2D eigenvalue weighted by molar-refractivity contribution is 5.79. The van der Waals surface area contributed by atoms with Crippen molar-refractivity contribution < 1.29 is 45.7 Å². The molecule has 0 unspecified atom stereocenters. The average Bonchev–Trinajstić information content (AvgIpc) is 1.80. The third-order valence-corrected chi connectivity index (χ3v) is 1.22. The van der Waals surface area contributed by atoms with Crippen LogP contribution in [0.1, 0.15) is 0 Å². The maximum atomic E-state index is 11.7. The minimum absolute atomic E-state index is 1.58. The maximum Gasteiger partial charge on any atom is 0.441 e. The summed E-state index contributed by atoms with van der Waals surface area (Å²) < 4.78 is 81.2. The second-order valence-electron chi connectivity index (χ2n) is 2.06. The number of alkyl halides is 6. The highest BCUT2D eigenvalue weighted by Gasteiger charge is 2.79. The van der Waals surface area contributed by atoms with Gasteiger partial charge in [0.1, 0.15) is 0 Å². The van der Waals surface area contributed by atoms with Gasteiger partial charge in [0.2, 0.25) is 0 Å². The molecule has 0 amide bonds. The van der Waals surface area contributed by atoms with Gasteiger partial charge in [-0.3, -0.25) is 0 Å². The molecule has 0 heterocycles. The number of halogens is 7. The van der Waals surface area contributed by atoms with E-state index < -0.39 is 23.9 Å². The highest BCUT2D eigenvalue weighted by atomic mass is 19.4. The molecule has 0 radical (unpaired) electrons. The first kappa shape index (κ1) is 12.9. The molecule has 0 aromatic heterocycles. The van der Waals surface area contributed by atoms with Crippen LogP contribution in [0.25, 0.3) is 0 Å². The summed E-state index contributed by atoms with van der Waals surface area (Å²) in [4.78, 5) is 11.3. The highest BCUT2D eigenvalue weighted by Crippen LogP contribution is 2.46. The van der Waals surface area contributed by atoms with E-state index in [2.05, 4.69) is 0 Å². The molecule has 0 saturated heterocycles. The molecule has 14 heavy (non-hydrogen) atoms. The lowest BCUT2D eigenvalue weighted by atomic mass is 10.0. The summed E-state index contributed by atoms with van der Waals surface area (Å²) in [6.45, 7) is 0. The van der Waals surface area contributed by atoms with Crippen LogP contribution in [0.3, 0.4) is 0 Å². The summed E-state index contributed by atoms with van der Waals surface area (Å²) in [5, 5.41) is 7.69. The van der Waals surface area contributed by atoms with E-state index in [1.165, 1.54) is 0 Å². The van der Waals surface area contributed by atoms with Crippen molar-refractivity contribution in [3.8, 4) is 0 Å². The Morgan fingerprint density at radius 3 is 1.29 bits per heavy atom. The molecule has 0 saturated carbocycles. The predicted octanol–water partition coefficient (Wildman–Crippen LogP) is 1.84. The van der Waals surface area contributed by atoms with E-state index in [1.54, 1.807) is 4.94 Å². The van der Waals surface area contributed by atoms with Crippen molar-refractivity contribution >= 4 is 5.97 Å². The number of rotatable bonds is 2. The number of hydrogen-bond donors (Lipinski definition) is 1. The fourth-order valence-corrected chi connectivity index (χ4v) is 0.524. The number of hydrogen-bond acceptors (Lipinski definition) is 2. The van der Waals surface area contributed by atoms with Gasteiger partial charge in [0.05, 0.1) is 0 Å². The molecule has 0 fully saturated rings. The Bertz CT molecular complexity index is 214. The van der Waals surface area contributed by atoms with Crippen molar-refractivity contribution in [1.29, 1.82) is 0 Å². The van der Waals surface area contributed by atoms with Gasteiger partial charge >= 0.3 is 23.9 Å². The Kier molecular flexibility index (Phi) is 3.01. The quantitative estimate of drug-likeness (QED) is 0.736. The summed E-state index contributed by atoms with van der Waals surface area (Å²) in [6, 6.07) is 0. The van der Waals surface area contributed by atoms with Gasteiger partial charge < -0.3 is 5.11 Å². The minimum Gasteiger partial charge on any atom is -0.478 e. The van der Waals surface area contributed by atoms with Crippen LogP contribution >= 0.6 is 0 Å². The molecule has 0 spiro atoms. The van der Waals surface area contributed by atoms with E-state index in [1.807, 2.05) is 0 Å². The molecule has 1 N–H and O–H groups in total. The van der Waals surface area contributed by atoms with Gasteiger partial charge in [-0.25, -0.2) is 4.79 Å². The molecule has 0 aliphatic rings. The van der Waals surface area contributed by atoms with Crippen molar-refractivity contribution in [1.82, 2.24) is 0 Å². The fourth-order valence-electron chi connectivity index (χ4n) is 0.524. The third kappa shape index (κ3) is 1.61. The summed E-state index contributed by atoms with van der Waals surface area (Å²) >= 11 is 0. The van der Waals surface area contributed by atoms with E-state index in [9.17, 15) is 35.7 Å². The molecular formula is C4HF7O3. The summed E-state index contributed by atoms with van der Waals surface area (Å²) in [6.07, 6.45) is -12.9. The minimum atomic E-state index is -6.45. The lowest BCUT2D eigenvalue weighted by Crippen LogP contribution is -2.63. The van der Waals surface area contributed by atoms with E-state index >= 15 is 0 Å². The summed E-state index contributed by atoms with van der Waals surface area (Å²) in [5.41, 5.74) is -5.83. The number of carbonyl (C=O) groups is 1. The van der Waals surface area contributed by atoms with Gasteiger partial charge in [-0.2, -0.15) is 31.3 Å². The van der Waals surface area contributed by atoms with E-state index in [0.29, 0.717) is 0 Å². The third-order valence-electron chi connectivity index (χ3n) is 1.22. The Labute approximate surface area is 71.0 Å². The van der Waals surface area contributed by atoms with Crippen LogP contribution in [0, 0.1) is 0 Å². The van der Waals surface area contributed by atoms with Crippen LogP contribution in [0.5, 0.6) is 0 Å². The molecule has 0 aliphatic carbocycles. The lowest BCUT2D eigenvalue weighted by molar-refractivity contribution is -0.418. The second-order valence-corrected chi connectivity index (χ2v) is 2.06. The van der Waals surface area contributed by atoms with Crippen molar-refractivity contribution in [2.24, 2.45) is 0 Å². The topological polar surface area (TPSA) is 46.5 Å². The van der Waals surface area contributed by atoms with Gasteiger partial charge in [-0.1, -0.05) is 0 Å². The van der Waals surface area contributed by atoms with E-state index in [-0.39, 0.29) is 0 Å². The van der Waals surface area contributed by atoms with Crippen molar-refractivity contribution in [3.63, 3.8) is 0 Å². The van der Waals surface area contributed by atoms with E-state index in [0.717, 1.165) is 0 Å². The molecule has 0 aromatic rings. The zero-order valence-electron chi connectivity index (χ0n) is 5.91. The Morgan fingerprint density at radius 1 is 1.00 bits per heavy atom. The molecule has 0 atom stereocenters. The number of aliphatic carboxylic acids is 1. The van der Waals surface area contributed by atoms with Gasteiger partial charge in [0.25, 0.3) is 0 Å². The lowest BCUT2D eigenvalue weighted by Gasteiger charge is -2.28. The Balaban J connectivity index is 5.58. The SMILES string of the molecule is O=C(O)C(OF)(C(F)(F)F)C(F)(F)F. The van der Waals surface area contributed by atoms with Crippen molar-refractivity contribution in [2.45, 2.75) is 18.0 Å². The van der Waals surface area contributed by atoms with Crippen LogP contribution in [0.2, 0.25) is 0 Å². The zero-order valence-corrected chi connectivity index (χ0v) is 5.91. The first-order valence-corrected chi connectivity index (χ1v) is 2.67. The van der Waals surface area contributed by atoms with Crippen molar-refractivity contribution in [2.75, 3.05) is 0 Å². The van der Waals surface area contributed by atoms with E-state index in [4.69, 9.17) is 5.11 Å². The van der Waals surface area contributed by atoms with Crippen LogP contribution in [-0.4, -0.2) is 29.0 Å². The van der Waals surface area contributed by atoms with Gasteiger partial charge in [0.15, 0.2) is 0 Å². The Morgan fingerprint density at radius 2 is 1.29 bits per heavy atom. The number of carboxylic acids is 1. The summed E-state index contributed by atoms with van der Waals surface area (Å²) in [7, 11) is 0. The fraction of sp³-hybridized carbons (Fsp3) is 0.750. The second kappa shape index (κ2) is 3.26. The van der Waals surface area contributed by atoms with Crippen molar-refractivity contribution in [3.05, 3.63) is 0 Å². The monoisotopic (exact) mass is 230 g/mol. The molecule has 0 aromatic carbocycles. The first-order valence-electron chi connectivity index (χ1n) is 2.67. The predicted molar refractivity (Wildman–Crippen MR) is 24.7 cm³/mol. The molecule has 0 aliphatic heterocycles. The normalized spacial score (nSPS) is 14.2. The molecule has 3 nitrogen and oxygen atoms in total. The van der Waals surface area contributed by atoms with Crippen LogP contribution in [0.4, 0.5) is 30.9 Å². The molecule has 10 heteroatoms. The smallest absolute Gasteiger partial charge is 0.441 e. The van der Waals surface area contributed by atoms with Gasteiger partial charge in [-0.15, -0.1) is 0 Å². The van der Waals surface area contributed by atoms with Crippen LogP contribution < -0.4 is 0 Å². The van der Waals surface area contributed by atoms with Crippen LogP contribution in [0.15, 0.2) is 0 Å². The first-order chi connectivity index (χ1) is 6.00. The summed E-state index contributed by atoms with van der Waals surface area (Å²) in [5.74, 6) is -3.53. The standard InChI is InChI=1S/C4HF7O3/c5-3(6,7)2(14-11,1(12)13)4(8,9)10/h(H,12,13). The Hall–Kier alpha value is -1.06. The average molecular weight is 230 g/mol. The van der Waals surface area contributed by atoms with Gasteiger partial charge in [-0.05, 0) is 4.53 Å². The van der Waals surface area contributed by atoms with Gasteiger partial charge in [0, 0.05) is 0 Å². The molecule has 84 valence electrons.